The van der Waals surface area contributed by atoms with E-state index in [1.54, 1.807) is 4.90 Å². The molecule has 0 aromatic rings. The van der Waals surface area contributed by atoms with Crippen LogP contribution in [0.2, 0.25) is 0 Å². The molecule has 11 heavy (non-hydrogen) atoms. The van der Waals surface area contributed by atoms with E-state index in [0.29, 0.717) is 5.25 Å². The van der Waals surface area contributed by atoms with Crippen LogP contribution in [0.25, 0.3) is 0 Å². The number of ether oxygens (including phenoxy) is 1. The van der Waals surface area contributed by atoms with E-state index in [2.05, 4.69) is 11.7 Å². The van der Waals surface area contributed by atoms with Crippen LogP contribution in [0.1, 0.15) is 6.92 Å². The highest BCUT2D eigenvalue weighted by atomic mass is 32.2. The minimum Gasteiger partial charge on any atom is -0.453 e. The average Bonchev–Trinajstić information content (AvgIpc) is 2.03. The fourth-order valence-electron chi connectivity index (χ4n) is 1.11. The van der Waals surface area contributed by atoms with E-state index in [1.165, 1.54) is 7.11 Å². The second-order valence-electron chi connectivity index (χ2n) is 2.60. The summed E-state index contributed by atoms with van der Waals surface area (Å²) in [7, 11) is 1.43. The SMILES string of the molecule is COC(=O)N1CCSC(C)C1. The van der Waals surface area contributed by atoms with Crippen LogP contribution < -0.4 is 0 Å². The van der Waals surface area contributed by atoms with Crippen molar-refractivity contribution in [3.05, 3.63) is 0 Å². The molecule has 1 amide bonds. The summed E-state index contributed by atoms with van der Waals surface area (Å²) in [5, 5.41) is 0.544. The molecule has 1 rings (SSSR count). The average molecular weight is 175 g/mol. The fraction of sp³-hybridized carbons (Fsp3) is 0.857. The Morgan fingerprint density at radius 3 is 3.00 bits per heavy atom. The minimum atomic E-state index is -0.197. The summed E-state index contributed by atoms with van der Waals surface area (Å²) in [5.74, 6) is 1.02. The number of amides is 1. The summed E-state index contributed by atoms with van der Waals surface area (Å²) >= 11 is 1.90. The van der Waals surface area contributed by atoms with Gasteiger partial charge >= 0.3 is 6.09 Å². The number of rotatable bonds is 0. The van der Waals surface area contributed by atoms with Crippen molar-refractivity contribution in [3.63, 3.8) is 0 Å². The zero-order valence-electron chi connectivity index (χ0n) is 6.87. The maximum absolute atomic E-state index is 11.0. The Kier molecular flexibility index (Phi) is 3.05. The molecule has 4 heteroatoms. The first kappa shape index (κ1) is 8.71. The van der Waals surface area contributed by atoms with E-state index in [9.17, 15) is 4.79 Å². The molecule has 1 saturated heterocycles. The Morgan fingerprint density at radius 1 is 1.73 bits per heavy atom. The molecular weight excluding hydrogens is 162 g/mol. The summed E-state index contributed by atoms with van der Waals surface area (Å²) in [6.45, 7) is 3.76. The standard InChI is InChI=1S/C7H13NO2S/c1-6-5-8(3-4-11-6)7(9)10-2/h6H,3-5H2,1-2H3. The molecule has 0 radical (unpaired) electrons. The number of carbonyl (C=O) groups excluding carboxylic acids is 1. The van der Waals surface area contributed by atoms with Crippen LogP contribution in [-0.4, -0.2) is 42.2 Å². The van der Waals surface area contributed by atoms with Gasteiger partial charge in [0, 0.05) is 24.1 Å². The second kappa shape index (κ2) is 3.85. The Morgan fingerprint density at radius 2 is 2.45 bits per heavy atom. The molecule has 0 N–H and O–H groups in total. The maximum atomic E-state index is 11.0. The van der Waals surface area contributed by atoms with Gasteiger partial charge in [-0.05, 0) is 0 Å². The number of nitrogens with zero attached hydrogens (tertiary/aromatic N) is 1. The molecule has 64 valence electrons. The highest BCUT2D eigenvalue weighted by Gasteiger charge is 2.21. The minimum absolute atomic E-state index is 0.197. The van der Waals surface area contributed by atoms with Crippen molar-refractivity contribution in [3.8, 4) is 0 Å². The molecule has 1 heterocycles. The van der Waals surface area contributed by atoms with E-state index in [0.717, 1.165) is 18.8 Å². The summed E-state index contributed by atoms with van der Waals surface area (Å²) in [6, 6.07) is 0. The molecule has 1 fully saturated rings. The van der Waals surface area contributed by atoms with E-state index in [1.807, 2.05) is 11.8 Å². The van der Waals surface area contributed by atoms with Crippen molar-refractivity contribution >= 4 is 17.9 Å². The largest absolute Gasteiger partial charge is 0.453 e. The van der Waals surface area contributed by atoms with Gasteiger partial charge < -0.3 is 9.64 Å². The lowest BCUT2D eigenvalue weighted by Gasteiger charge is -2.29. The first-order valence-electron chi connectivity index (χ1n) is 3.68. The maximum Gasteiger partial charge on any atom is 0.409 e. The lowest BCUT2D eigenvalue weighted by atomic mass is 10.4. The Bertz CT molecular complexity index is 151. The molecule has 1 aliphatic heterocycles. The van der Waals surface area contributed by atoms with Gasteiger partial charge in [0.15, 0.2) is 0 Å². The number of hydrogen-bond donors (Lipinski definition) is 0. The Balaban J connectivity index is 2.39. The van der Waals surface area contributed by atoms with Crippen LogP contribution in [0, 0.1) is 0 Å². The number of thioether (sulfide) groups is 1. The third-order valence-corrected chi connectivity index (χ3v) is 2.81. The monoisotopic (exact) mass is 175 g/mol. The van der Waals surface area contributed by atoms with Crippen molar-refractivity contribution < 1.29 is 9.53 Å². The molecule has 1 unspecified atom stereocenters. The highest BCUT2D eigenvalue weighted by molar-refractivity contribution is 7.99. The van der Waals surface area contributed by atoms with Crippen molar-refractivity contribution in [2.45, 2.75) is 12.2 Å². The predicted molar refractivity (Wildman–Crippen MR) is 45.9 cm³/mol. The quantitative estimate of drug-likeness (QED) is 0.554. The smallest absolute Gasteiger partial charge is 0.409 e. The Hall–Kier alpha value is -0.380. The predicted octanol–water partition coefficient (Wildman–Crippen LogP) is 1.19. The third-order valence-electron chi connectivity index (χ3n) is 1.67. The molecule has 0 spiro atoms. The van der Waals surface area contributed by atoms with Gasteiger partial charge in [0.25, 0.3) is 0 Å². The van der Waals surface area contributed by atoms with Gasteiger partial charge in [-0.1, -0.05) is 6.92 Å². The molecule has 0 aromatic carbocycles. The second-order valence-corrected chi connectivity index (χ2v) is 4.14. The van der Waals surface area contributed by atoms with E-state index in [4.69, 9.17) is 0 Å². The van der Waals surface area contributed by atoms with Crippen LogP contribution in [0.15, 0.2) is 0 Å². The van der Waals surface area contributed by atoms with Crippen LogP contribution in [-0.2, 0) is 4.74 Å². The zero-order chi connectivity index (χ0) is 8.27. The molecular formula is C7H13NO2S. The highest BCUT2D eigenvalue weighted by Crippen LogP contribution is 2.17. The molecule has 0 aromatic heterocycles. The fourth-order valence-corrected chi connectivity index (χ4v) is 2.13. The third kappa shape index (κ3) is 2.29. The molecule has 3 nitrogen and oxygen atoms in total. The molecule has 0 aliphatic carbocycles. The lowest BCUT2D eigenvalue weighted by Crippen LogP contribution is -2.40. The van der Waals surface area contributed by atoms with Gasteiger partial charge in [0.1, 0.15) is 0 Å². The lowest BCUT2D eigenvalue weighted by molar-refractivity contribution is 0.125. The summed E-state index contributed by atoms with van der Waals surface area (Å²) in [4.78, 5) is 12.8. The zero-order valence-corrected chi connectivity index (χ0v) is 7.69. The van der Waals surface area contributed by atoms with Gasteiger partial charge in [-0.25, -0.2) is 4.79 Å². The topological polar surface area (TPSA) is 29.5 Å². The van der Waals surface area contributed by atoms with Gasteiger partial charge in [0.05, 0.1) is 7.11 Å². The van der Waals surface area contributed by atoms with Gasteiger partial charge in [-0.2, -0.15) is 11.8 Å². The summed E-state index contributed by atoms with van der Waals surface area (Å²) in [6.07, 6.45) is -0.197. The summed E-state index contributed by atoms with van der Waals surface area (Å²) in [5.41, 5.74) is 0. The van der Waals surface area contributed by atoms with Gasteiger partial charge in [-0.3, -0.25) is 0 Å². The number of carbonyl (C=O) groups is 1. The number of methoxy groups -OCH3 is 1. The molecule has 1 atom stereocenters. The van der Waals surface area contributed by atoms with E-state index < -0.39 is 0 Å². The van der Waals surface area contributed by atoms with Gasteiger partial charge in [-0.15, -0.1) is 0 Å². The summed E-state index contributed by atoms with van der Waals surface area (Å²) < 4.78 is 4.62. The van der Waals surface area contributed by atoms with Crippen LogP contribution >= 0.6 is 11.8 Å². The first-order valence-corrected chi connectivity index (χ1v) is 4.73. The normalized spacial score (nSPS) is 24.9. The van der Waals surface area contributed by atoms with Gasteiger partial charge in [0.2, 0.25) is 0 Å². The molecule has 0 saturated carbocycles. The Labute approximate surface area is 71.1 Å². The van der Waals surface area contributed by atoms with Crippen LogP contribution in [0.4, 0.5) is 4.79 Å². The molecule has 1 aliphatic rings. The van der Waals surface area contributed by atoms with Crippen molar-refractivity contribution in [1.29, 1.82) is 0 Å². The van der Waals surface area contributed by atoms with E-state index >= 15 is 0 Å². The van der Waals surface area contributed by atoms with Crippen molar-refractivity contribution in [1.82, 2.24) is 4.90 Å². The van der Waals surface area contributed by atoms with Crippen LogP contribution in [0.5, 0.6) is 0 Å². The van der Waals surface area contributed by atoms with Crippen LogP contribution in [0.3, 0.4) is 0 Å². The molecule has 0 bridgehead atoms. The number of hydrogen-bond acceptors (Lipinski definition) is 3. The first-order chi connectivity index (χ1) is 5.24. The van der Waals surface area contributed by atoms with E-state index in [-0.39, 0.29) is 6.09 Å². The van der Waals surface area contributed by atoms with Crippen molar-refractivity contribution in [2.24, 2.45) is 0 Å². The van der Waals surface area contributed by atoms with Crippen molar-refractivity contribution in [2.75, 3.05) is 26.0 Å².